The third-order valence-corrected chi connectivity index (χ3v) is 0.771. The normalized spacial score (nSPS) is 7.30. The molecule has 10 heavy (non-hydrogen) atoms. The van der Waals surface area contributed by atoms with E-state index < -0.39 is 0 Å². The van der Waals surface area contributed by atoms with Crippen LogP contribution in [0.4, 0.5) is 0 Å². The molecule has 0 spiro atoms. The number of hydrazine groups is 1. The summed E-state index contributed by atoms with van der Waals surface area (Å²) in [5, 5.41) is 0. The Labute approximate surface area is 61.5 Å². The largest absolute Gasteiger partial charge is 0.345 e. The summed E-state index contributed by atoms with van der Waals surface area (Å²) in [4.78, 5) is 12.2. The van der Waals surface area contributed by atoms with E-state index in [1.807, 2.05) is 0 Å². The molecule has 4 heteroatoms. The molecule has 0 atom stereocenters. The van der Waals surface area contributed by atoms with Gasteiger partial charge in [0.15, 0.2) is 0 Å². The Morgan fingerprint density at radius 3 is 1.70 bits per heavy atom. The molecule has 0 saturated heterocycles. The van der Waals surface area contributed by atoms with Gasteiger partial charge < -0.3 is 4.90 Å². The molecule has 4 N–H and O–H groups in total. The highest BCUT2D eigenvalue weighted by molar-refractivity contribution is 5.91. The van der Waals surface area contributed by atoms with Gasteiger partial charge in [-0.05, 0) is 6.92 Å². The van der Waals surface area contributed by atoms with E-state index in [0.717, 1.165) is 0 Å². The smallest absolute Gasteiger partial charge is 0.248 e. The van der Waals surface area contributed by atoms with Gasteiger partial charge in [-0.2, -0.15) is 0 Å². The Bertz CT molecular complexity index is 120. The molecule has 0 radical (unpaired) electrons. The minimum Gasteiger partial charge on any atom is -0.345 e. The lowest BCUT2D eigenvalue weighted by molar-refractivity contribution is -0.124. The van der Waals surface area contributed by atoms with Crippen molar-refractivity contribution in [3.8, 4) is 0 Å². The van der Waals surface area contributed by atoms with Crippen molar-refractivity contribution in [3.63, 3.8) is 0 Å². The van der Waals surface area contributed by atoms with Gasteiger partial charge in [0.25, 0.3) is 0 Å². The highest BCUT2D eigenvalue weighted by atomic mass is 16.2. The highest BCUT2D eigenvalue weighted by Gasteiger charge is 2.01. The second-order valence-corrected chi connectivity index (χ2v) is 1.98. The molecule has 0 rings (SSSR count). The standard InChI is InChI=1S/C6H11NO.H4N2/c1-5(2)6(8)7(3)4;1-2/h1H2,2-4H3;1-2H2. The average molecular weight is 145 g/mol. The molecular weight excluding hydrogens is 130 g/mol. The Balaban J connectivity index is 0. The van der Waals surface area contributed by atoms with Crippen LogP contribution in [0.2, 0.25) is 0 Å². The molecule has 1 amide bonds. The number of amides is 1. The first-order valence-corrected chi connectivity index (χ1v) is 2.76. The Morgan fingerprint density at radius 1 is 1.40 bits per heavy atom. The van der Waals surface area contributed by atoms with E-state index in [-0.39, 0.29) is 5.91 Å². The monoisotopic (exact) mass is 145 g/mol. The second kappa shape index (κ2) is 6.25. The van der Waals surface area contributed by atoms with Crippen LogP contribution in [-0.2, 0) is 4.79 Å². The van der Waals surface area contributed by atoms with Crippen LogP contribution in [0.1, 0.15) is 6.92 Å². The number of nitrogens with zero attached hydrogens (tertiary/aromatic N) is 1. The predicted molar refractivity (Wildman–Crippen MR) is 41.9 cm³/mol. The van der Waals surface area contributed by atoms with Gasteiger partial charge >= 0.3 is 0 Å². The molecule has 0 bridgehead atoms. The van der Waals surface area contributed by atoms with Gasteiger partial charge in [0.1, 0.15) is 0 Å². The van der Waals surface area contributed by atoms with Crippen LogP contribution in [0.3, 0.4) is 0 Å². The van der Waals surface area contributed by atoms with Gasteiger partial charge in [-0.15, -0.1) is 0 Å². The second-order valence-electron chi connectivity index (χ2n) is 1.98. The quantitative estimate of drug-likeness (QED) is 0.296. The van der Waals surface area contributed by atoms with Gasteiger partial charge in [-0.25, -0.2) is 0 Å². The molecular formula is C6H15N3O. The van der Waals surface area contributed by atoms with Crippen LogP contribution in [0.15, 0.2) is 12.2 Å². The summed E-state index contributed by atoms with van der Waals surface area (Å²) in [5.74, 6) is 7.99. The molecule has 0 aliphatic carbocycles. The molecule has 0 aromatic rings. The van der Waals surface area contributed by atoms with Gasteiger partial charge in [-0.3, -0.25) is 16.5 Å². The van der Waals surface area contributed by atoms with Gasteiger partial charge in [0.2, 0.25) is 5.91 Å². The van der Waals surface area contributed by atoms with Crippen molar-refractivity contribution in [3.05, 3.63) is 12.2 Å². The van der Waals surface area contributed by atoms with Crippen LogP contribution >= 0.6 is 0 Å². The van der Waals surface area contributed by atoms with E-state index in [4.69, 9.17) is 0 Å². The summed E-state index contributed by atoms with van der Waals surface area (Å²) in [5.41, 5.74) is 0.579. The summed E-state index contributed by atoms with van der Waals surface area (Å²) >= 11 is 0. The zero-order valence-electron chi connectivity index (χ0n) is 6.72. The third-order valence-electron chi connectivity index (χ3n) is 0.771. The number of likely N-dealkylation sites (N-methyl/N-ethyl adjacent to an activating group) is 1. The van der Waals surface area contributed by atoms with Crippen molar-refractivity contribution in [2.75, 3.05) is 14.1 Å². The van der Waals surface area contributed by atoms with Crippen LogP contribution in [0, 0.1) is 0 Å². The van der Waals surface area contributed by atoms with Crippen LogP contribution in [-0.4, -0.2) is 24.9 Å². The number of rotatable bonds is 1. The van der Waals surface area contributed by atoms with E-state index in [1.54, 1.807) is 21.0 Å². The number of carbonyl (C=O) groups is 1. The number of nitrogens with two attached hydrogens (primary N) is 2. The van der Waals surface area contributed by atoms with Crippen molar-refractivity contribution < 1.29 is 4.79 Å². The number of carbonyl (C=O) groups excluding carboxylic acids is 1. The van der Waals surface area contributed by atoms with Crippen LogP contribution in [0.5, 0.6) is 0 Å². The molecule has 0 heterocycles. The molecule has 0 unspecified atom stereocenters. The number of hydrogen-bond donors (Lipinski definition) is 2. The van der Waals surface area contributed by atoms with Crippen molar-refractivity contribution in [2.24, 2.45) is 11.7 Å². The first kappa shape index (κ1) is 11.9. The Hall–Kier alpha value is -0.870. The van der Waals surface area contributed by atoms with Crippen molar-refractivity contribution in [1.82, 2.24) is 4.90 Å². The summed E-state index contributed by atoms with van der Waals surface area (Å²) in [6.45, 7) is 5.18. The molecule has 60 valence electrons. The fourth-order valence-electron chi connectivity index (χ4n) is 0.382. The zero-order chi connectivity index (χ0) is 8.73. The average Bonchev–Trinajstić information content (AvgIpc) is 1.90. The predicted octanol–water partition coefficient (Wildman–Crippen LogP) is -0.530. The van der Waals surface area contributed by atoms with Crippen LogP contribution < -0.4 is 11.7 Å². The maximum Gasteiger partial charge on any atom is 0.248 e. The maximum absolute atomic E-state index is 10.7. The lowest BCUT2D eigenvalue weighted by Crippen LogP contribution is -2.21. The molecule has 0 aromatic carbocycles. The lowest BCUT2D eigenvalue weighted by Gasteiger charge is -2.07. The molecule has 0 aliphatic rings. The van der Waals surface area contributed by atoms with E-state index in [2.05, 4.69) is 18.3 Å². The molecule has 0 fully saturated rings. The fraction of sp³-hybridized carbons (Fsp3) is 0.500. The topological polar surface area (TPSA) is 72.3 Å². The van der Waals surface area contributed by atoms with Crippen LogP contribution in [0.25, 0.3) is 0 Å². The molecule has 0 saturated carbocycles. The third kappa shape index (κ3) is 5.27. The molecule has 0 aromatic heterocycles. The van der Waals surface area contributed by atoms with Crippen molar-refractivity contribution in [1.29, 1.82) is 0 Å². The first-order valence-electron chi connectivity index (χ1n) is 2.76. The Morgan fingerprint density at radius 2 is 1.70 bits per heavy atom. The van der Waals surface area contributed by atoms with Gasteiger partial charge in [0.05, 0.1) is 0 Å². The van der Waals surface area contributed by atoms with E-state index in [9.17, 15) is 4.79 Å². The minimum absolute atomic E-state index is 0.00926. The summed E-state index contributed by atoms with van der Waals surface area (Å²) in [6, 6.07) is 0. The summed E-state index contributed by atoms with van der Waals surface area (Å²) in [6.07, 6.45) is 0. The molecule has 0 aliphatic heterocycles. The first-order chi connectivity index (χ1) is 4.55. The van der Waals surface area contributed by atoms with Crippen molar-refractivity contribution >= 4 is 5.91 Å². The van der Waals surface area contributed by atoms with E-state index in [1.165, 1.54) is 4.90 Å². The summed E-state index contributed by atoms with van der Waals surface area (Å²) < 4.78 is 0. The van der Waals surface area contributed by atoms with E-state index in [0.29, 0.717) is 5.57 Å². The van der Waals surface area contributed by atoms with Crippen molar-refractivity contribution in [2.45, 2.75) is 6.92 Å². The Kier molecular flexibility index (Phi) is 7.42. The number of hydrogen-bond acceptors (Lipinski definition) is 3. The summed E-state index contributed by atoms with van der Waals surface area (Å²) in [7, 11) is 3.41. The van der Waals surface area contributed by atoms with Gasteiger partial charge in [0, 0.05) is 19.7 Å². The molecule has 4 nitrogen and oxygen atoms in total. The highest BCUT2D eigenvalue weighted by Crippen LogP contribution is 1.90. The zero-order valence-corrected chi connectivity index (χ0v) is 6.72. The maximum atomic E-state index is 10.7. The fourth-order valence-corrected chi connectivity index (χ4v) is 0.382. The van der Waals surface area contributed by atoms with E-state index >= 15 is 0 Å². The van der Waals surface area contributed by atoms with Gasteiger partial charge in [-0.1, -0.05) is 6.58 Å². The lowest BCUT2D eigenvalue weighted by atomic mass is 10.3. The SMILES string of the molecule is C=C(C)C(=O)N(C)C.NN. The minimum atomic E-state index is -0.00926.